The number of hydrogen-bond donors (Lipinski definition) is 4. The number of halogens is 1. The van der Waals surface area contributed by atoms with E-state index in [4.69, 9.17) is 5.41 Å². The lowest BCUT2D eigenvalue weighted by atomic mass is 9.71. The summed E-state index contributed by atoms with van der Waals surface area (Å²) in [4.78, 5) is 0. The van der Waals surface area contributed by atoms with Gasteiger partial charge < -0.3 is 16.2 Å². The first kappa shape index (κ1) is 24.5. The predicted octanol–water partition coefficient (Wildman–Crippen LogP) is 7.34. The van der Waals surface area contributed by atoms with E-state index >= 15 is 0 Å². The van der Waals surface area contributed by atoms with Gasteiger partial charge in [0.2, 0.25) is 0 Å². The van der Waals surface area contributed by atoms with E-state index in [1.165, 1.54) is 23.9 Å². The number of para-hydroxylation sites is 1. The number of nitrogens with one attached hydrogen (secondary N) is 4. The lowest BCUT2D eigenvalue weighted by molar-refractivity contribution is 0.246. The standard InChI is InChI=1S/C28H35FN4/c1-20(2)16-26(28(3,4)19-31-33-25-8-6-5-7-9-25)21-10-15-27(22(17-21)18-30)32-24-13-11-23(29)12-14-24/h5-15,17-18,20,26,30-33H,16,19H2,1-4H3. The molecule has 0 heterocycles. The molecule has 0 saturated heterocycles. The Bertz CT molecular complexity index is 1030. The van der Waals surface area contributed by atoms with E-state index in [1.54, 1.807) is 12.1 Å². The van der Waals surface area contributed by atoms with Gasteiger partial charge in [0.05, 0.1) is 0 Å². The monoisotopic (exact) mass is 446 g/mol. The second kappa shape index (κ2) is 11.1. The zero-order valence-corrected chi connectivity index (χ0v) is 20.0. The highest BCUT2D eigenvalue weighted by Crippen LogP contribution is 2.41. The van der Waals surface area contributed by atoms with Crippen LogP contribution in [-0.4, -0.2) is 12.8 Å². The maximum atomic E-state index is 13.2. The smallest absolute Gasteiger partial charge is 0.123 e. The highest BCUT2D eigenvalue weighted by molar-refractivity contribution is 5.87. The molecule has 0 aliphatic rings. The highest BCUT2D eigenvalue weighted by Gasteiger charge is 2.31. The lowest BCUT2D eigenvalue weighted by Crippen LogP contribution is -2.38. The molecule has 0 amide bonds. The van der Waals surface area contributed by atoms with Crippen molar-refractivity contribution in [3.8, 4) is 0 Å². The van der Waals surface area contributed by atoms with Gasteiger partial charge in [-0.3, -0.25) is 0 Å². The maximum Gasteiger partial charge on any atom is 0.123 e. The summed E-state index contributed by atoms with van der Waals surface area (Å²) in [5.41, 5.74) is 11.4. The van der Waals surface area contributed by atoms with Gasteiger partial charge in [-0.2, -0.15) is 0 Å². The summed E-state index contributed by atoms with van der Waals surface area (Å²) in [6, 6.07) is 22.6. The topological polar surface area (TPSA) is 59.9 Å². The van der Waals surface area contributed by atoms with E-state index in [1.807, 2.05) is 36.4 Å². The van der Waals surface area contributed by atoms with Crippen LogP contribution in [0.1, 0.15) is 51.2 Å². The van der Waals surface area contributed by atoms with Crippen molar-refractivity contribution in [2.75, 3.05) is 17.3 Å². The van der Waals surface area contributed by atoms with E-state index in [0.29, 0.717) is 11.8 Å². The second-order valence-electron chi connectivity index (χ2n) is 9.64. The minimum atomic E-state index is -0.266. The SMILES string of the molecule is CC(C)CC(c1ccc(Nc2ccc(F)cc2)c(C=N)c1)C(C)(C)CNNc1ccccc1. The third-order valence-corrected chi connectivity index (χ3v) is 5.96. The Morgan fingerprint density at radius 2 is 1.64 bits per heavy atom. The number of anilines is 3. The molecular formula is C28H35FN4. The van der Waals surface area contributed by atoms with Crippen LogP contribution < -0.4 is 16.2 Å². The van der Waals surface area contributed by atoms with Crippen molar-refractivity contribution in [2.45, 2.75) is 40.0 Å². The third kappa shape index (κ3) is 6.90. The van der Waals surface area contributed by atoms with E-state index in [0.717, 1.165) is 35.6 Å². The minimum absolute atomic E-state index is 0.0305. The summed E-state index contributed by atoms with van der Waals surface area (Å²) in [5.74, 6) is 0.579. The lowest BCUT2D eigenvalue weighted by Gasteiger charge is -2.37. The quantitative estimate of drug-likeness (QED) is 0.184. The van der Waals surface area contributed by atoms with Crippen LogP contribution >= 0.6 is 0 Å². The van der Waals surface area contributed by atoms with Crippen LogP contribution in [0.15, 0.2) is 72.8 Å². The summed E-state index contributed by atoms with van der Waals surface area (Å²) in [5, 5.41) is 11.3. The molecule has 1 atom stereocenters. The van der Waals surface area contributed by atoms with Crippen LogP contribution in [-0.2, 0) is 0 Å². The number of hydrazine groups is 1. The fourth-order valence-corrected chi connectivity index (χ4v) is 4.12. The first-order chi connectivity index (χ1) is 15.8. The molecule has 0 radical (unpaired) electrons. The minimum Gasteiger partial charge on any atom is -0.355 e. The Morgan fingerprint density at radius 3 is 2.27 bits per heavy atom. The van der Waals surface area contributed by atoms with Gasteiger partial charge in [0.1, 0.15) is 5.82 Å². The Morgan fingerprint density at radius 1 is 0.939 bits per heavy atom. The number of rotatable bonds is 11. The molecule has 0 aliphatic carbocycles. The van der Waals surface area contributed by atoms with Gasteiger partial charge in [0.15, 0.2) is 0 Å². The first-order valence-corrected chi connectivity index (χ1v) is 11.5. The van der Waals surface area contributed by atoms with Crippen molar-refractivity contribution >= 4 is 23.3 Å². The number of hydrogen-bond acceptors (Lipinski definition) is 4. The van der Waals surface area contributed by atoms with E-state index in [-0.39, 0.29) is 11.2 Å². The summed E-state index contributed by atoms with van der Waals surface area (Å²) in [6.45, 7) is 9.86. The van der Waals surface area contributed by atoms with Crippen molar-refractivity contribution in [3.05, 3.63) is 89.7 Å². The molecule has 174 valence electrons. The molecular weight excluding hydrogens is 411 g/mol. The van der Waals surface area contributed by atoms with Crippen LogP contribution in [0.25, 0.3) is 0 Å². The van der Waals surface area contributed by atoms with Crippen LogP contribution in [0.5, 0.6) is 0 Å². The average Bonchev–Trinajstić information content (AvgIpc) is 2.80. The molecule has 33 heavy (non-hydrogen) atoms. The number of benzene rings is 3. The molecule has 3 aromatic rings. The Balaban J connectivity index is 1.80. The predicted molar refractivity (Wildman–Crippen MR) is 138 cm³/mol. The van der Waals surface area contributed by atoms with Crippen LogP contribution in [0.3, 0.4) is 0 Å². The van der Waals surface area contributed by atoms with E-state index < -0.39 is 0 Å². The van der Waals surface area contributed by atoms with Gasteiger partial charge in [-0.15, -0.1) is 0 Å². The normalized spacial score (nSPS) is 12.4. The molecule has 0 fully saturated rings. The molecule has 4 nitrogen and oxygen atoms in total. The summed E-state index contributed by atoms with van der Waals surface area (Å²) in [7, 11) is 0. The van der Waals surface area contributed by atoms with Gasteiger partial charge in [0.25, 0.3) is 0 Å². The average molecular weight is 447 g/mol. The molecule has 3 rings (SSSR count). The van der Waals surface area contributed by atoms with Gasteiger partial charge in [0, 0.05) is 35.4 Å². The largest absolute Gasteiger partial charge is 0.355 e. The van der Waals surface area contributed by atoms with E-state index in [2.05, 4.69) is 56.0 Å². The maximum absolute atomic E-state index is 13.2. The molecule has 5 heteroatoms. The van der Waals surface area contributed by atoms with Gasteiger partial charge in [-0.05, 0) is 77.8 Å². The van der Waals surface area contributed by atoms with E-state index in [9.17, 15) is 4.39 Å². The molecule has 4 N–H and O–H groups in total. The Labute approximate surface area is 197 Å². The summed E-state index contributed by atoms with van der Waals surface area (Å²) >= 11 is 0. The van der Waals surface area contributed by atoms with Crippen molar-refractivity contribution in [3.63, 3.8) is 0 Å². The van der Waals surface area contributed by atoms with Crippen molar-refractivity contribution in [1.29, 1.82) is 5.41 Å². The Kier molecular flexibility index (Phi) is 8.23. The molecule has 0 bridgehead atoms. The van der Waals surface area contributed by atoms with Crippen LogP contribution in [0, 0.1) is 22.6 Å². The second-order valence-corrected chi connectivity index (χ2v) is 9.64. The summed E-state index contributed by atoms with van der Waals surface area (Å²) in [6.07, 6.45) is 2.42. The summed E-state index contributed by atoms with van der Waals surface area (Å²) < 4.78 is 13.2. The van der Waals surface area contributed by atoms with Crippen LogP contribution in [0.4, 0.5) is 21.5 Å². The first-order valence-electron chi connectivity index (χ1n) is 11.5. The molecule has 0 spiro atoms. The Hall–Kier alpha value is -3.18. The molecule has 0 aromatic heterocycles. The fraction of sp³-hybridized carbons (Fsp3) is 0.321. The van der Waals surface area contributed by atoms with Crippen molar-refractivity contribution in [2.24, 2.45) is 11.3 Å². The zero-order valence-electron chi connectivity index (χ0n) is 20.0. The van der Waals surface area contributed by atoms with Gasteiger partial charge in [-0.1, -0.05) is 52.0 Å². The highest BCUT2D eigenvalue weighted by atomic mass is 19.1. The molecule has 0 aliphatic heterocycles. The van der Waals surface area contributed by atoms with Crippen molar-refractivity contribution in [1.82, 2.24) is 5.43 Å². The molecule has 3 aromatic carbocycles. The fourth-order valence-electron chi connectivity index (χ4n) is 4.12. The van der Waals surface area contributed by atoms with Crippen molar-refractivity contribution < 1.29 is 4.39 Å². The third-order valence-electron chi connectivity index (χ3n) is 5.96. The van der Waals surface area contributed by atoms with Gasteiger partial charge in [-0.25, -0.2) is 9.82 Å². The molecule has 0 saturated carbocycles. The van der Waals surface area contributed by atoms with Crippen LogP contribution in [0.2, 0.25) is 0 Å². The van der Waals surface area contributed by atoms with Gasteiger partial charge >= 0.3 is 0 Å². The molecule has 1 unspecified atom stereocenters. The zero-order chi connectivity index (χ0) is 23.8.